The quantitative estimate of drug-likeness (QED) is 0.892. The van der Waals surface area contributed by atoms with Gasteiger partial charge in [0.2, 0.25) is 5.91 Å². The molecule has 0 radical (unpaired) electrons. The summed E-state index contributed by atoms with van der Waals surface area (Å²) in [5.74, 6) is -0.841. The van der Waals surface area contributed by atoms with Gasteiger partial charge in [0.25, 0.3) is 0 Å². The van der Waals surface area contributed by atoms with E-state index in [1.54, 1.807) is 12.1 Å². The second kappa shape index (κ2) is 5.18. The maximum atomic E-state index is 13.1. The van der Waals surface area contributed by atoms with Crippen molar-refractivity contribution in [2.24, 2.45) is 5.73 Å². The molecule has 0 saturated heterocycles. The third kappa shape index (κ3) is 2.87. The fourth-order valence-corrected chi connectivity index (χ4v) is 2.57. The van der Waals surface area contributed by atoms with Crippen molar-refractivity contribution in [1.29, 1.82) is 0 Å². The highest BCUT2D eigenvalue weighted by Crippen LogP contribution is 2.26. The minimum absolute atomic E-state index is 0.356. The van der Waals surface area contributed by atoms with Crippen LogP contribution < -0.4 is 11.1 Å². The summed E-state index contributed by atoms with van der Waals surface area (Å²) in [5.41, 5.74) is 5.91. The molecule has 1 unspecified atom stereocenters. The Morgan fingerprint density at radius 1 is 1.39 bits per heavy atom. The number of rotatable bonds is 4. The minimum atomic E-state index is -0.634. The molecule has 0 saturated carbocycles. The molecule has 0 bridgehead atoms. The number of carbonyl (C=O) groups excluding carboxylic acids is 1. The number of anilines is 1. The fraction of sp³-hybridized carbons (Fsp3) is 0.154. The molecular formula is C13H13FN2OS. The molecule has 0 aliphatic carbocycles. The standard InChI is InChI=1S/C13H13FN2OS/c1-8-5-6-11(18-8)12(13(15)17)16-10-4-2-3-9(14)7-10/h2-7,12,16H,1H3,(H2,15,17). The average Bonchev–Trinajstić information content (AvgIpc) is 2.72. The van der Waals surface area contributed by atoms with Gasteiger partial charge >= 0.3 is 0 Å². The first-order valence-corrected chi connectivity index (χ1v) is 6.25. The molecule has 0 fully saturated rings. The van der Waals surface area contributed by atoms with Crippen LogP contribution in [-0.2, 0) is 4.79 Å². The highest BCUT2D eigenvalue weighted by Gasteiger charge is 2.19. The van der Waals surface area contributed by atoms with Crippen molar-refractivity contribution >= 4 is 22.9 Å². The Hall–Kier alpha value is -1.88. The van der Waals surface area contributed by atoms with Gasteiger partial charge in [0.1, 0.15) is 11.9 Å². The van der Waals surface area contributed by atoms with E-state index in [0.29, 0.717) is 5.69 Å². The van der Waals surface area contributed by atoms with Crippen LogP contribution in [0.5, 0.6) is 0 Å². The smallest absolute Gasteiger partial charge is 0.245 e. The number of nitrogens with two attached hydrogens (primary N) is 1. The Kier molecular flexibility index (Phi) is 3.62. The lowest BCUT2D eigenvalue weighted by Gasteiger charge is -2.15. The number of hydrogen-bond acceptors (Lipinski definition) is 3. The Bertz CT molecular complexity index is 568. The molecule has 1 heterocycles. The molecule has 1 aromatic carbocycles. The first kappa shape index (κ1) is 12.6. The van der Waals surface area contributed by atoms with Crippen LogP contribution in [0.1, 0.15) is 15.8 Å². The van der Waals surface area contributed by atoms with Crippen LogP contribution in [0.3, 0.4) is 0 Å². The van der Waals surface area contributed by atoms with Gasteiger partial charge in [-0.05, 0) is 37.3 Å². The van der Waals surface area contributed by atoms with Crippen molar-refractivity contribution < 1.29 is 9.18 Å². The molecular weight excluding hydrogens is 251 g/mol. The zero-order valence-corrected chi connectivity index (χ0v) is 10.6. The third-order valence-corrected chi connectivity index (χ3v) is 3.53. The normalized spacial score (nSPS) is 12.1. The maximum Gasteiger partial charge on any atom is 0.245 e. The van der Waals surface area contributed by atoms with Crippen molar-refractivity contribution in [3.05, 3.63) is 52.0 Å². The van der Waals surface area contributed by atoms with Gasteiger partial charge in [-0.2, -0.15) is 0 Å². The van der Waals surface area contributed by atoms with Gasteiger partial charge < -0.3 is 11.1 Å². The Morgan fingerprint density at radius 2 is 2.17 bits per heavy atom. The van der Waals surface area contributed by atoms with E-state index in [1.807, 2.05) is 19.1 Å². The van der Waals surface area contributed by atoms with Crippen molar-refractivity contribution in [2.75, 3.05) is 5.32 Å². The number of nitrogens with one attached hydrogen (secondary N) is 1. The number of thiophene rings is 1. The molecule has 3 nitrogen and oxygen atoms in total. The van der Waals surface area contributed by atoms with E-state index in [0.717, 1.165) is 9.75 Å². The van der Waals surface area contributed by atoms with Gasteiger partial charge in [-0.1, -0.05) is 6.07 Å². The van der Waals surface area contributed by atoms with Crippen molar-refractivity contribution in [1.82, 2.24) is 0 Å². The second-order valence-electron chi connectivity index (χ2n) is 3.94. The molecule has 0 aliphatic rings. The Morgan fingerprint density at radius 3 is 2.72 bits per heavy atom. The Labute approximate surface area is 108 Å². The van der Waals surface area contributed by atoms with Gasteiger partial charge in [-0.25, -0.2) is 4.39 Å². The van der Waals surface area contributed by atoms with E-state index in [2.05, 4.69) is 5.32 Å². The summed E-state index contributed by atoms with van der Waals surface area (Å²) >= 11 is 1.49. The van der Waals surface area contributed by atoms with Crippen LogP contribution in [-0.4, -0.2) is 5.91 Å². The molecule has 1 amide bonds. The number of aryl methyl sites for hydroxylation is 1. The Balaban J connectivity index is 2.24. The lowest BCUT2D eigenvalue weighted by Crippen LogP contribution is -2.27. The first-order chi connectivity index (χ1) is 8.56. The third-order valence-electron chi connectivity index (χ3n) is 2.47. The van der Waals surface area contributed by atoms with Crippen LogP contribution in [0.2, 0.25) is 0 Å². The summed E-state index contributed by atoms with van der Waals surface area (Å²) in [6, 6.07) is 9.08. The zero-order chi connectivity index (χ0) is 13.1. The summed E-state index contributed by atoms with van der Waals surface area (Å²) in [7, 11) is 0. The number of carbonyl (C=O) groups is 1. The molecule has 2 rings (SSSR count). The SMILES string of the molecule is Cc1ccc(C(Nc2cccc(F)c2)C(N)=O)s1. The summed E-state index contributed by atoms with van der Waals surface area (Å²) < 4.78 is 13.1. The molecule has 1 atom stereocenters. The number of halogens is 1. The monoisotopic (exact) mass is 264 g/mol. The topological polar surface area (TPSA) is 55.1 Å². The van der Waals surface area contributed by atoms with Gasteiger partial charge in [-0.15, -0.1) is 11.3 Å². The van der Waals surface area contributed by atoms with E-state index in [1.165, 1.54) is 23.5 Å². The van der Waals surface area contributed by atoms with Crippen LogP contribution in [0, 0.1) is 12.7 Å². The van der Waals surface area contributed by atoms with E-state index in [4.69, 9.17) is 5.73 Å². The molecule has 18 heavy (non-hydrogen) atoms. The van der Waals surface area contributed by atoms with E-state index < -0.39 is 11.9 Å². The van der Waals surface area contributed by atoms with Crippen molar-refractivity contribution in [2.45, 2.75) is 13.0 Å². The zero-order valence-electron chi connectivity index (χ0n) is 9.81. The summed E-state index contributed by atoms with van der Waals surface area (Å²) in [5, 5.41) is 2.94. The lowest BCUT2D eigenvalue weighted by molar-refractivity contribution is -0.118. The number of amides is 1. The minimum Gasteiger partial charge on any atom is -0.369 e. The molecule has 0 spiro atoms. The van der Waals surface area contributed by atoms with Crippen LogP contribution in [0.25, 0.3) is 0 Å². The predicted molar refractivity (Wildman–Crippen MR) is 71.0 cm³/mol. The molecule has 1 aromatic heterocycles. The lowest BCUT2D eigenvalue weighted by atomic mass is 10.2. The summed E-state index contributed by atoms with van der Waals surface area (Å²) in [6.45, 7) is 1.95. The van der Waals surface area contributed by atoms with Crippen LogP contribution in [0.15, 0.2) is 36.4 Å². The average molecular weight is 264 g/mol. The number of benzene rings is 1. The molecule has 94 valence electrons. The maximum absolute atomic E-state index is 13.1. The van der Waals surface area contributed by atoms with Gasteiger partial charge in [-0.3, -0.25) is 4.79 Å². The summed E-state index contributed by atoms with van der Waals surface area (Å²) in [6.07, 6.45) is 0. The van der Waals surface area contributed by atoms with E-state index in [9.17, 15) is 9.18 Å². The first-order valence-electron chi connectivity index (χ1n) is 5.44. The largest absolute Gasteiger partial charge is 0.369 e. The van der Waals surface area contributed by atoms with E-state index >= 15 is 0 Å². The van der Waals surface area contributed by atoms with Gasteiger partial charge in [0.05, 0.1) is 0 Å². The van der Waals surface area contributed by atoms with Gasteiger partial charge in [0, 0.05) is 15.4 Å². The highest BCUT2D eigenvalue weighted by atomic mass is 32.1. The number of hydrogen-bond donors (Lipinski definition) is 2. The number of primary amides is 1. The molecule has 3 N–H and O–H groups in total. The predicted octanol–water partition coefficient (Wildman–Crippen LogP) is 2.83. The molecule has 5 heteroatoms. The van der Waals surface area contributed by atoms with Crippen LogP contribution >= 0.6 is 11.3 Å². The molecule has 2 aromatic rings. The molecule has 0 aliphatic heterocycles. The van der Waals surface area contributed by atoms with E-state index in [-0.39, 0.29) is 5.82 Å². The second-order valence-corrected chi connectivity index (χ2v) is 5.26. The highest BCUT2D eigenvalue weighted by molar-refractivity contribution is 7.12. The fourth-order valence-electron chi connectivity index (χ4n) is 1.64. The van der Waals surface area contributed by atoms with Crippen molar-refractivity contribution in [3.8, 4) is 0 Å². The summed E-state index contributed by atoms with van der Waals surface area (Å²) in [4.78, 5) is 13.4. The van der Waals surface area contributed by atoms with Crippen molar-refractivity contribution in [3.63, 3.8) is 0 Å². The van der Waals surface area contributed by atoms with Gasteiger partial charge in [0.15, 0.2) is 0 Å². The van der Waals surface area contributed by atoms with Crippen LogP contribution in [0.4, 0.5) is 10.1 Å².